The van der Waals surface area contributed by atoms with Crippen molar-refractivity contribution in [1.29, 1.82) is 0 Å². The van der Waals surface area contributed by atoms with Gasteiger partial charge in [0.25, 0.3) is 0 Å². The third-order valence-electron chi connectivity index (χ3n) is 5.86. The third kappa shape index (κ3) is 4.60. The summed E-state index contributed by atoms with van der Waals surface area (Å²) in [5.74, 6) is 2.02. The molecule has 1 unspecified atom stereocenters. The Hall–Kier alpha value is -3.00. The Balaban J connectivity index is 1.47. The molecule has 2 aromatic heterocycles. The van der Waals surface area contributed by atoms with E-state index in [9.17, 15) is 4.79 Å². The maximum atomic E-state index is 11.6. The summed E-state index contributed by atoms with van der Waals surface area (Å²) < 4.78 is 10.9. The number of fused-ring (bicyclic) bond motifs is 1. The van der Waals surface area contributed by atoms with Crippen LogP contribution in [-0.2, 0) is 9.53 Å². The number of carbonyl (C=O) groups excluding carboxylic acids is 1. The van der Waals surface area contributed by atoms with E-state index in [4.69, 9.17) is 14.5 Å². The number of pyridine rings is 1. The number of rotatable bonds is 7. The molecule has 0 saturated heterocycles. The number of hydrogen-bond donors (Lipinski definition) is 2. The lowest BCUT2D eigenvalue weighted by atomic mass is 10.1. The molecule has 1 aromatic carbocycles. The van der Waals surface area contributed by atoms with Crippen LogP contribution in [-0.4, -0.2) is 45.9 Å². The lowest BCUT2D eigenvalue weighted by Gasteiger charge is -2.16. The van der Waals surface area contributed by atoms with Crippen LogP contribution in [0.4, 0.5) is 5.69 Å². The van der Waals surface area contributed by atoms with Crippen LogP contribution in [0.3, 0.4) is 0 Å². The second-order valence-corrected chi connectivity index (χ2v) is 9.22. The molecule has 0 radical (unpaired) electrons. The maximum Gasteiger partial charge on any atom is 0.307 e. The minimum absolute atomic E-state index is 0.0468. The average Bonchev–Trinajstić information content (AvgIpc) is 3.55. The number of H-pyrrole nitrogens is 1. The van der Waals surface area contributed by atoms with E-state index in [1.807, 2.05) is 18.2 Å². The number of thioether (sulfide) groups is 1. The normalized spacial score (nSPS) is 18.7. The summed E-state index contributed by atoms with van der Waals surface area (Å²) in [5, 5.41) is 5.71. The van der Waals surface area contributed by atoms with Crippen molar-refractivity contribution < 1.29 is 14.3 Å². The fourth-order valence-corrected chi connectivity index (χ4v) is 5.31. The van der Waals surface area contributed by atoms with E-state index in [0.29, 0.717) is 18.2 Å². The van der Waals surface area contributed by atoms with Crippen LogP contribution >= 0.6 is 11.8 Å². The molecule has 32 heavy (non-hydrogen) atoms. The number of aromatic amines is 1. The minimum atomic E-state index is -0.225. The number of nitrogens with one attached hydrogen (secondary N) is 2. The molecule has 0 spiro atoms. The number of methoxy groups -OCH3 is 1. The Morgan fingerprint density at radius 2 is 2.12 bits per heavy atom. The monoisotopic (exact) mass is 450 g/mol. The first-order chi connectivity index (χ1) is 15.7. The van der Waals surface area contributed by atoms with E-state index in [-0.39, 0.29) is 12.0 Å². The van der Waals surface area contributed by atoms with Gasteiger partial charge in [0.1, 0.15) is 16.5 Å². The predicted octanol–water partition coefficient (Wildman–Crippen LogP) is 5.13. The second kappa shape index (κ2) is 9.24. The summed E-state index contributed by atoms with van der Waals surface area (Å²) in [7, 11) is 1.41. The number of aliphatic imine (C=N–C) groups is 1. The zero-order chi connectivity index (χ0) is 21.9. The molecule has 3 aromatic rings. The SMILES string of the molecule is COC(=O)CC1CSC(c2cc3cc(Oc4cccnc4)cc(NC4CCCC4)c3[nH]2)=N1. The van der Waals surface area contributed by atoms with Gasteiger partial charge in [0.05, 0.1) is 42.7 Å². The molecule has 0 amide bonds. The molecule has 166 valence electrons. The first kappa shape index (κ1) is 20.9. The van der Waals surface area contributed by atoms with Crippen molar-refractivity contribution in [3.63, 3.8) is 0 Å². The quantitative estimate of drug-likeness (QED) is 0.485. The Labute approximate surface area is 191 Å². The summed E-state index contributed by atoms with van der Waals surface area (Å²) in [6.45, 7) is 0. The van der Waals surface area contributed by atoms with Gasteiger partial charge in [-0.25, -0.2) is 0 Å². The summed E-state index contributed by atoms with van der Waals surface area (Å²) in [4.78, 5) is 24.1. The van der Waals surface area contributed by atoms with Crippen LogP contribution in [0, 0.1) is 0 Å². The molecule has 1 fully saturated rings. The van der Waals surface area contributed by atoms with Crippen molar-refractivity contribution in [3.8, 4) is 11.5 Å². The molecule has 2 aliphatic rings. The highest BCUT2D eigenvalue weighted by Gasteiger charge is 2.24. The predicted molar refractivity (Wildman–Crippen MR) is 128 cm³/mol. The summed E-state index contributed by atoms with van der Waals surface area (Å²) in [6, 6.07) is 10.4. The van der Waals surface area contributed by atoms with Gasteiger partial charge in [-0.1, -0.05) is 12.8 Å². The molecule has 1 aliphatic carbocycles. The number of esters is 1. The maximum absolute atomic E-state index is 11.6. The van der Waals surface area contributed by atoms with Crippen LogP contribution in [0.2, 0.25) is 0 Å². The number of benzene rings is 1. The third-order valence-corrected chi connectivity index (χ3v) is 7.01. The van der Waals surface area contributed by atoms with Crippen LogP contribution in [0.5, 0.6) is 11.5 Å². The molecule has 1 saturated carbocycles. The zero-order valence-electron chi connectivity index (χ0n) is 18.0. The van der Waals surface area contributed by atoms with E-state index in [1.165, 1.54) is 32.8 Å². The molecular formula is C24H26N4O3S. The van der Waals surface area contributed by atoms with Crippen LogP contribution in [0.1, 0.15) is 37.8 Å². The first-order valence-corrected chi connectivity index (χ1v) is 12.0. The molecule has 1 atom stereocenters. The van der Waals surface area contributed by atoms with Gasteiger partial charge in [0, 0.05) is 29.4 Å². The Morgan fingerprint density at radius 3 is 2.91 bits per heavy atom. The number of carbonyl (C=O) groups is 1. The van der Waals surface area contributed by atoms with E-state index < -0.39 is 0 Å². The lowest BCUT2D eigenvalue weighted by molar-refractivity contribution is -0.140. The average molecular weight is 451 g/mol. The molecular weight excluding hydrogens is 424 g/mol. The Bertz CT molecular complexity index is 1140. The van der Waals surface area contributed by atoms with Gasteiger partial charge in [-0.05, 0) is 37.1 Å². The van der Waals surface area contributed by atoms with Crippen LogP contribution in [0.25, 0.3) is 10.9 Å². The fourth-order valence-electron chi connectivity index (χ4n) is 4.28. The van der Waals surface area contributed by atoms with E-state index in [0.717, 1.165) is 38.8 Å². The summed E-state index contributed by atoms with van der Waals surface area (Å²) in [5.41, 5.74) is 3.05. The molecule has 0 bridgehead atoms. The fraction of sp³-hybridized carbons (Fsp3) is 0.375. The molecule has 3 heterocycles. The summed E-state index contributed by atoms with van der Waals surface area (Å²) >= 11 is 1.67. The topological polar surface area (TPSA) is 88.6 Å². The smallest absolute Gasteiger partial charge is 0.307 e. The molecule has 1 aliphatic heterocycles. The molecule has 7 nitrogen and oxygen atoms in total. The van der Waals surface area contributed by atoms with Crippen molar-refractivity contribution in [2.75, 3.05) is 18.2 Å². The van der Waals surface area contributed by atoms with E-state index in [1.54, 1.807) is 24.2 Å². The largest absolute Gasteiger partial charge is 0.469 e. The van der Waals surface area contributed by atoms with Gasteiger partial charge in [0.2, 0.25) is 0 Å². The second-order valence-electron chi connectivity index (χ2n) is 8.21. The van der Waals surface area contributed by atoms with Crippen molar-refractivity contribution in [2.24, 2.45) is 4.99 Å². The molecule has 5 rings (SSSR count). The van der Waals surface area contributed by atoms with Gasteiger partial charge in [-0.2, -0.15) is 0 Å². The minimum Gasteiger partial charge on any atom is -0.469 e. The number of anilines is 1. The van der Waals surface area contributed by atoms with Crippen molar-refractivity contribution in [2.45, 2.75) is 44.2 Å². The van der Waals surface area contributed by atoms with Crippen LogP contribution in [0.15, 0.2) is 47.7 Å². The van der Waals surface area contributed by atoms with Gasteiger partial charge in [0.15, 0.2) is 0 Å². The van der Waals surface area contributed by atoms with Gasteiger partial charge < -0.3 is 19.8 Å². The Kier molecular flexibility index (Phi) is 6.03. The highest BCUT2D eigenvalue weighted by Crippen LogP contribution is 2.36. The molecule has 8 heteroatoms. The van der Waals surface area contributed by atoms with Crippen molar-refractivity contribution in [3.05, 3.63) is 48.4 Å². The van der Waals surface area contributed by atoms with Crippen LogP contribution < -0.4 is 10.1 Å². The Morgan fingerprint density at radius 1 is 1.25 bits per heavy atom. The summed E-state index contributed by atoms with van der Waals surface area (Å²) in [6.07, 6.45) is 8.64. The lowest BCUT2D eigenvalue weighted by Crippen LogP contribution is -2.14. The van der Waals surface area contributed by atoms with Crippen molar-refractivity contribution >= 4 is 39.4 Å². The van der Waals surface area contributed by atoms with Crippen molar-refractivity contribution in [1.82, 2.24) is 9.97 Å². The first-order valence-electron chi connectivity index (χ1n) is 11.0. The van der Waals surface area contributed by atoms with Gasteiger partial charge in [-0.15, -0.1) is 11.8 Å². The highest BCUT2D eigenvalue weighted by molar-refractivity contribution is 8.14. The van der Waals surface area contributed by atoms with E-state index in [2.05, 4.69) is 27.4 Å². The number of ether oxygens (including phenoxy) is 2. The molecule has 2 N–H and O–H groups in total. The number of nitrogens with zero attached hydrogens (tertiary/aromatic N) is 2. The van der Waals surface area contributed by atoms with Gasteiger partial charge >= 0.3 is 5.97 Å². The number of aromatic nitrogens is 2. The number of hydrogen-bond acceptors (Lipinski definition) is 7. The highest BCUT2D eigenvalue weighted by atomic mass is 32.2. The zero-order valence-corrected chi connectivity index (χ0v) is 18.8. The van der Waals surface area contributed by atoms with E-state index >= 15 is 0 Å². The van der Waals surface area contributed by atoms with Gasteiger partial charge in [-0.3, -0.25) is 14.8 Å². The standard InChI is InChI=1S/C24H26N4O3S/c1-30-22(29)11-17-14-32-24(27-17)21-10-15-9-19(31-18-7-4-8-25-13-18)12-20(23(15)28-21)26-16-5-2-3-6-16/h4,7-10,12-13,16-17,26,28H,2-3,5-6,11,14H2,1H3.